The summed E-state index contributed by atoms with van der Waals surface area (Å²) in [6, 6.07) is 21.2. The molecule has 0 aliphatic heterocycles. The number of rotatable bonds is 9. The Hall–Kier alpha value is -2.33. The van der Waals surface area contributed by atoms with Crippen molar-refractivity contribution in [3.8, 4) is 0 Å². The summed E-state index contributed by atoms with van der Waals surface area (Å²) in [4.78, 5) is 14.7. The van der Waals surface area contributed by atoms with Crippen LogP contribution < -0.4 is 5.32 Å². The Kier molecular flexibility index (Phi) is 8.71. The molecular formula is C25H36N2O2. The predicted molar refractivity (Wildman–Crippen MR) is 120 cm³/mol. The molecule has 0 fully saturated rings. The minimum atomic E-state index is -0.495. The van der Waals surface area contributed by atoms with Crippen molar-refractivity contribution in [2.24, 2.45) is 5.92 Å². The molecule has 0 unspecified atom stereocenters. The van der Waals surface area contributed by atoms with Crippen LogP contribution in [0.3, 0.4) is 0 Å². The van der Waals surface area contributed by atoms with Crippen molar-refractivity contribution in [3.05, 3.63) is 71.8 Å². The Bertz CT molecular complexity index is 682. The smallest absolute Gasteiger partial charge is 0.407 e. The SMILES string of the molecule is CC(C)C[C@H](CNC(=O)OC(C)(C)C)N(Cc1ccccc1)Cc1ccccc1. The number of nitrogens with one attached hydrogen (secondary N) is 1. The highest BCUT2D eigenvalue weighted by Crippen LogP contribution is 2.18. The molecule has 0 radical (unpaired) electrons. The van der Waals surface area contributed by atoms with Crippen LogP contribution in [0.5, 0.6) is 0 Å². The summed E-state index contributed by atoms with van der Waals surface area (Å²) in [7, 11) is 0. The number of hydrogen-bond donors (Lipinski definition) is 1. The molecule has 0 aliphatic carbocycles. The number of ether oxygens (including phenoxy) is 1. The second kappa shape index (κ2) is 11.0. The van der Waals surface area contributed by atoms with E-state index in [0.717, 1.165) is 19.5 Å². The van der Waals surface area contributed by atoms with Crippen molar-refractivity contribution < 1.29 is 9.53 Å². The number of hydrogen-bond acceptors (Lipinski definition) is 3. The molecule has 158 valence electrons. The monoisotopic (exact) mass is 396 g/mol. The molecule has 0 saturated heterocycles. The van der Waals surface area contributed by atoms with E-state index in [1.165, 1.54) is 11.1 Å². The van der Waals surface area contributed by atoms with Crippen molar-refractivity contribution in [2.75, 3.05) is 6.54 Å². The van der Waals surface area contributed by atoms with Gasteiger partial charge in [0, 0.05) is 25.7 Å². The maximum Gasteiger partial charge on any atom is 0.407 e. The standard InChI is InChI=1S/C25H36N2O2/c1-20(2)16-23(17-26-24(28)29-25(3,4)5)27(18-21-12-8-6-9-13-21)19-22-14-10-7-11-15-22/h6-15,20,23H,16-19H2,1-5H3,(H,26,28)/t23-/m1/s1. The van der Waals surface area contributed by atoms with Gasteiger partial charge in [-0.3, -0.25) is 4.90 Å². The normalized spacial score (nSPS) is 12.8. The van der Waals surface area contributed by atoms with E-state index in [-0.39, 0.29) is 12.1 Å². The number of carbonyl (C=O) groups excluding carboxylic acids is 1. The Morgan fingerprint density at radius 2 is 1.41 bits per heavy atom. The zero-order valence-electron chi connectivity index (χ0n) is 18.5. The fraction of sp³-hybridized carbons (Fsp3) is 0.480. The molecule has 4 nitrogen and oxygen atoms in total. The number of amides is 1. The molecule has 0 bridgehead atoms. The lowest BCUT2D eigenvalue weighted by molar-refractivity contribution is 0.0496. The van der Waals surface area contributed by atoms with Crippen molar-refractivity contribution in [3.63, 3.8) is 0 Å². The number of alkyl carbamates (subject to hydrolysis) is 1. The number of benzene rings is 2. The Labute approximate surface area is 176 Å². The molecule has 0 aliphatic rings. The molecular weight excluding hydrogens is 360 g/mol. The summed E-state index contributed by atoms with van der Waals surface area (Å²) in [6.07, 6.45) is 0.640. The van der Waals surface area contributed by atoms with E-state index in [2.05, 4.69) is 72.6 Å². The van der Waals surface area contributed by atoms with Crippen LogP contribution in [0.2, 0.25) is 0 Å². The number of carbonyl (C=O) groups is 1. The van der Waals surface area contributed by atoms with Gasteiger partial charge in [0.05, 0.1) is 0 Å². The molecule has 0 spiro atoms. The summed E-state index contributed by atoms with van der Waals surface area (Å²) in [5, 5.41) is 2.99. The minimum absolute atomic E-state index is 0.211. The summed E-state index contributed by atoms with van der Waals surface area (Å²) in [5.74, 6) is 0.523. The van der Waals surface area contributed by atoms with E-state index in [9.17, 15) is 4.79 Å². The third kappa shape index (κ3) is 9.14. The van der Waals surface area contributed by atoms with E-state index in [1.807, 2.05) is 32.9 Å². The van der Waals surface area contributed by atoms with Gasteiger partial charge >= 0.3 is 6.09 Å². The van der Waals surface area contributed by atoms with E-state index >= 15 is 0 Å². The van der Waals surface area contributed by atoms with Crippen molar-refractivity contribution in [2.45, 2.75) is 65.8 Å². The van der Waals surface area contributed by atoms with Crippen LogP contribution in [0, 0.1) is 5.92 Å². The first-order chi connectivity index (χ1) is 13.7. The van der Waals surface area contributed by atoms with Crippen LogP contribution in [0.15, 0.2) is 60.7 Å². The molecule has 2 rings (SSSR count). The van der Waals surface area contributed by atoms with E-state index in [0.29, 0.717) is 12.5 Å². The zero-order chi connectivity index (χ0) is 21.3. The fourth-order valence-corrected chi connectivity index (χ4v) is 3.37. The van der Waals surface area contributed by atoms with Crippen LogP contribution in [0.4, 0.5) is 4.79 Å². The topological polar surface area (TPSA) is 41.6 Å². The first-order valence-electron chi connectivity index (χ1n) is 10.5. The van der Waals surface area contributed by atoms with E-state index in [4.69, 9.17) is 4.74 Å². The largest absolute Gasteiger partial charge is 0.444 e. The molecule has 2 aromatic carbocycles. The molecule has 1 amide bonds. The molecule has 0 heterocycles. The number of nitrogens with zero attached hydrogens (tertiary/aromatic N) is 1. The van der Waals surface area contributed by atoms with Gasteiger partial charge in [0.1, 0.15) is 5.60 Å². The zero-order valence-corrected chi connectivity index (χ0v) is 18.5. The van der Waals surface area contributed by atoms with Crippen LogP contribution in [0.25, 0.3) is 0 Å². The van der Waals surface area contributed by atoms with Crippen molar-refractivity contribution >= 4 is 6.09 Å². The van der Waals surface area contributed by atoms with Crippen LogP contribution in [0.1, 0.15) is 52.2 Å². The molecule has 29 heavy (non-hydrogen) atoms. The van der Waals surface area contributed by atoms with Crippen LogP contribution in [-0.2, 0) is 17.8 Å². The van der Waals surface area contributed by atoms with Gasteiger partial charge in [0.2, 0.25) is 0 Å². The van der Waals surface area contributed by atoms with Crippen LogP contribution in [-0.4, -0.2) is 29.2 Å². The Morgan fingerprint density at radius 3 is 1.83 bits per heavy atom. The Morgan fingerprint density at radius 1 is 0.931 bits per heavy atom. The summed E-state index contributed by atoms with van der Waals surface area (Å²) in [6.45, 7) is 12.3. The van der Waals surface area contributed by atoms with Gasteiger partial charge in [-0.05, 0) is 44.2 Å². The van der Waals surface area contributed by atoms with Gasteiger partial charge in [-0.2, -0.15) is 0 Å². The average molecular weight is 397 g/mol. The summed E-state index contributed by atoms with van der Waals surface area (Å²) >= 11 is 0. The predicted octanol–water partition coefficient (Wildman–Crippen LogP) is 5.63. The second-order valence-electron chi connectivity index (χ2n) is 9.04. The third-order valence-electron chi connectivity index (χ3n) is 4.60. The Balaban J connectivity index is 2.16. The lowest BCUT2D eigenvalue weighted by atomic mass is 10.0. The van der Waals surface area contributed by atoms with E-state index in [1.54, 1.807) is 0 Å². The highest BCUT2D eigenvalue weighted by molar-refractivity contribution is 5.67. The van der Waals surface area contributed by atoms with Crippen LogP contribution >= 0.6 is 0 Å². The lowest BCUT2D eigenvalue weighted by Gasteiger charge is -2.33. The first-order valence-corrected chi connectivity index (χ1v) is 10.5. The second-order valence-corrected chi connectivity index (χ2v) is 9.04. The summed E-state index contributed by atoms with van der Waals surface area (Å²) < 4.78 is 5.44. The van der Waals surface area contributed by atoms with Gasteiger partial charge in [-0.15, -0.1) is 0 Å². The average Bonchev–Trinajstić information content (AvgIpc) is 2.65. The van der Waals surface area contributed by atoms with Gasteiger partial charge < -0.3 is 10.1 Å². The quantitative estimate of drug-likeness (QED) is 0.597. The molecule has 0 saturated carbocycles. The third-order valence-corrected chi connectivity index (χ3v) is 4.60. The van der Waals surface area contributed by atoms with Crippen molar-refractivity contribution in [1.82, 2.24) is 10.2 Å². The highest BCUT2D eigenvalue weighted by atomic mass is 16.6. The molecule has 0 aromatic heterocycles. The molecule has 1 atom stereocenters. The van der Waals surface area contributed by atoms with Gasteiger partial charge in [0.15, 0.2) is 0 Å². The van der Waals surface area contributed by atoms with E-state index < -0.39 is 5.60 Å². The maximum absolute atomic E-state index is 12.2. The molecule has 4 heteroatoms. The van der Waals surface area contributed by atoms with Gasteiger partial charge in [0.25, 0.3) is 0 Å². The van der Waals surface area contributed by atoms with Crippen molar-refractivity contribution in [1.29, 1.82) is 0 Å². The highest BCUT2D eigenvalue weighted by Gasteiger charge is 2.23. The molecule has 1 N–H and O–H groups in total. The fourth-order valence-electron chi connectivity index (χ4n) is 3.37. The maximum atomic E-state index is 12.2. The summed E-state index contributed by atoms with van der Waals surface area (Å²) in [5.41, 5.74) is 2.05. The minimum Gasteiger partial charge on any atom is -0.444 e. The lowest BCUT2D eigenvalue weighted by Crippen LogP contribution is -2.45. The first kappa shape index (κ1) is 23.0. The molecule has 2 aromatic rings. The van der Waals surface area contributed by atoms with Gasteiger partial charge in [-0.1, -0.05) is 74.5 Å². The van der Waals surface area contributed by atoms with Gasteiger partial charge in [-0.25, -0.2) is 4.79 Å².